The van der Waals surface area contributed by atoms with Crippen molar-refractivity contribution in [1.29, 1.82) is 0 Å². The van der Waals surface area contributed by atoms with Gasteiger partial charge in [-0.2, -0.15) is 0 Å². The highest BCUT2D eigenvalue weighted by Crippen LogP contribution is 2.38. The quantitative estimate of drug-likeness (QED) is 0.799. The van der Waals surface area contributed by atoms with E-state index in [-0.39, 0.29) is 6.61 Å². The van der Waals surface area contributed by atoms with Crippen molar-refractivity contribution in [1.82, 2.24) is 0 Å². The van der Waals surface area contributed by atoms with Crippen molar-refractivity contribution in [2.75, 3.05) is 13.7 Å². The third-order valence-electron chi connectivity index (χ3n) is 2.18. The van der Waals surface area contributed by atoms with Crippen LogP contribution in [0.2, 0.25) is 0 Å². The topological polar surface area (TPSA) is 76.0 Å². The second-order valence-electron chi connectivity index (χ2n) is 3.29. The zero-order chi connectivity index (χ0) is 13.9. The summed E-state index contributed by atoms with van der Waals surface area (Å²) < 4.78 is 35.6. The van der Waals surface area contributed by atoms with E-state index in [0.29, 0.717) is 6.07 Å². The van der Waals surface area contributed by atoms with Crippen molar-refractivity contribution < 1.29 is 33.3 Å². The number of aliphatic hydroxyl groups excluding tert-OH is 1. The van der Waals surface area contributed by atoms with Gasteiger partial charge in [0.15, 0.2) is 29.2 Å². The minimum Gasteiger partial charge on any atom is -0.504 e. The molecule has 0 aliphatic carbocycles. The molecule has 0 aliphatic heterocycles. The van der Waals surface area contributed by atoms with E-state index >= 15 is 0 Å². The summed E-state index contributed by atoms with van der Waals surface area (Å²) in [6.45, 7) is 1.46. The zero-order valence-electron chi connectivity index (χ0n) is 9.74. The summed E-state index contributed by atoms with van der Waals surface area (Å²) in [7, 11) is 1.05. The number of rotatable bonds is 4. The van der Waals surface area contributed by atoms with E-state index in [9.17, 15) is 23.8 Å². The SMILES string of the molecule is CCOC(=O)C(O)c1c(O)c(F)cc(F)c1OC. The number of ether oxygens (including phenoxy) is 2. The van der Waals surface area contributed by atoms with Crippen molar-refractivity contribution in [3.63, 3.8) is 0 Å². The zero-order valence-corrected chi connectivity index (χ0v) is 9.74. The molecule has 0 fully saturated rings. The van der Waals surface area contributed by atoms with Gasteiger partial charge in [0.1, 0.15) is 0 Å². The van der Waals surface area contributed by atoms with Gasteiger partial charge in [-0.25, -0.2) is 13.6 Å². The lowest BCUT2D eigenvalue weighted by atomic mass is 10.1. The molecule has 1 aromatic carbocycles. The molecule has 18 heavy (non-hydrogen) atoms. The number of hydrogen-bond acceptors (Lipinski definition) is 5. The lowest BCUT2D eigenvalue weighted by Gasteiger charge is -2.16. The van der Waals surface area contributed by atoms with Gasteiger partial charge in [-0.1, -0.05) is 0 Å². The van der Waals surface area contributed by atoms with Crippen molar-refractivity contribution in [3.05, 3.63) is 23.3 Å². The Kier molecular flexibility index (Phi) is 4.43. The van der Waals surface area contributed by atoms with Crippen molar-refractivity contribution in [2.24, 2.45) is 0 Å². The molecule has 0 spiro atoms. The lowest BCUT2D eigenvalue weighted by Crippen LogP contribution is -2.17. The molecule has 7 heteroatoms. The van der Waals surface area contributed by atoms with Gasteiger partial charge < -0.3 is 19.7 Å². The second-order valence-corrected chi connectivity index (χ2v) is 3.29. The number of carbonyl (C=O) groups is 1. The number of hydrogen-bond donors (Lipinski definition) is 2. The van der Waals surface area contributed by atoms with Crippen molar-refractivity contribution >= 4 is 5.97 Å². The summed E-state index contributed by atoms with van der Waals surface area (Å²) >= 11 is 0. The van der Waals surface area contributed by atoms with Crippen LogP contribution in [0.3, 0.4) is 0 Å². The van der Waals surface area contributed by atoms with E-state index < -0.39 is 40.8 Å². The standard InChI is InChI=1S/C11H12F2O5/c1-3-18-11(16)9(15)7-8(14)5(12)4-6(13)10(7)17-2/h4,9,14-15H,3H2,1-2H3. The van der Waals surface area contributed by atoms with E-state index in [2.05, 4.69) is 9.47 Å². The minimum absolute atomic E-state index is 0.0310. The Labute approximate surface area is 102 Å². The van der Waals surface area contributed by atoms with Crippen LogP contribution in [0.25, 0.3) is 0 Å². The summed E-state index contributed by atoms with van der Waals surface area (Å²) in [5.74, 6) is -5.28. The first-order valence-electron chi connectivity index (χ1n) is 5.03. The van der Waals surface area contributed by atoms with Gasteiger partial charge in [-0.3, -0.25) is 0 Å². The summed E-state index contributed by atoms with van der Waals surface area (Å²) in [6, 6.07) is 0.384. The summed E-state index contributed by atoms with van der Waals surface area (Å²) in [4.78, 5) is 11.3. The first-order chi connectivity index (χ1) is 8.43. The normalized spacial score (nSPS) is 12.1. The molecule has 0 amide bonds. The molecule has 0 radical (unpaired) electrons. The lowest BCUT2D eigenvalue weighted by molar-refractivity contribution is -0.153. The van der Waals surface area contributed by atoms with Gasteiger partial charge in [0.05, 0.1) is 19.3 Å². The number of aromatic hydroxyl groups is 1. The van der Waals surface area contributed by atoms with E-state index in [1.54, 1.807) is 0 Å². The maximum Gasteiger partial charge on any atom is 0.339 e. The molecule has 0 heterocycles. The molecule has 2 N–H and O–H groups in total. The highest BCUT2D eigenvalue weighted by atomic mass is 19.1. The molecule has 0 aromatic heterocycles. The molecule has 0 saturated heterocycles. The van der Waals surface area contributed by atoms with Gasteiger partial charge in [0, 0.05) is 6.07 Å². The number of esters is 1. The summed E-state index contributed by atoms with van der Waals surface area (Å²) in [6.07, 6.45) is -2.04. The molecule has 5 nitrogen and oxygen atoms in total. The summed E-state index contributed by atoms with van der Waals surface area (Å²) in [5.41, 5.74) is -0.701. The van der Waals surface area contributed by atoms with E-state index in [1.807, 2.05) is 0 Å². The van der Waals surface area contributed by atoms with E-state index in [4.69, 9.17) is 0 Å². The van der Waals surface area contributed by atoms with Crippen LogP contribution in [0.5, 0.6) is 11.5 Å². The Bertz CT molecular complexity index is 461. The number of phenolic OH excluding ortho intramolecular Hbond substituents is 1. The fourth-order valence-electron chi connectivity index (χ4n) is 1.41. The average Bonchev–Trinajstić information content (AvgIpc) is 2.32. The number of methoxy groups -OCH3 is 1. The van der Waals surface area contributed by atoms with Crippen LogP contribution < -0.4 is 4.74 Å². The van der Waals surface area contributed by atoms with Crippen LogP contribution in [0.4, 0.5) is 8.78 Å². The Balaban J connectivity index is 3.33. The van der Waals surface area contributed by atoms with Crippen LogP contribution in [0, 0.1) is 11.6 Å². The first kappa shape index (κ1) is 14.2. The van der Waals surface area contributed by atoms with E-state index in [0.717, 1.165) is 7.11 Å². The molecular formula is C11H12F2O5. The van der Waals surface area contributed by atoms with Gasteiger partial charge in [-0.15, -0.1) is 0 Å². The molecule has 1 unspecified atom stereocenters. The third kappa shape index (κ3) is 2.51. The Hall–Kier alpha value is -1.89. The van der Waals surface area contributed by atoms with Crippen LogP contribution in [-0.4, -0.2) is 29.9 Å². The van der Waals surface area contributed by atoms with Crippen molar-refractivity contribution in [3.8, 4) is 11.5 Å². The predicted molar refractivity (Wildman–Crippen MR) is 56.2 cm³/mol. The van der Waals surface area contributed by atoms with Crippen LogP contribution >= 0.6 is 0 Å². The van der Waals surface area contributed by atoms with Gasteiger partial charge in [-0.05, 0) is 6.92 Å². The second kappa shape index (κ2) is 5.63. The Morgan fingerprint density at radius 3 is 2.56 bits per heavy atom. The smallest absolute Gasteiger partial charge is 0.339 e. The number of halogens is 2. The third-order valence-corrected chi connectivity index (χ3v) is 2.18. The molecule has 1 aromatic rings. The van der Waals surface area contributed by atoms with E-state index in [1.165, 1.54) is 6.92 Å². The highest BCUT2D eigenvalue weighted by Gasteiger charge is 2.30. The summed E-state index contributed by atoms with van der Waals surface area (Å²) in [5, 5.41) is 19.0. The average molecular weight is 262 g/mol. The molecule has 1 rings (SSSR count). The molecule has 0 saturated carbocycles. The van der Waals surface area contributed by atoms with Crippen LogP contribution in [0.1, 0.15) is 18.6 Å². The minimum atomic E-state index is -2.04. The monoisotopic (exact) mass is 262 g/mol. The number of phenols is 1. The Morgan fingerprint density at radius 2 is 2.06 bits per heavy atom. The maximum atomic E-state index is 13.4. The fourth-order valence-corrected chi connectivity index (χ4v) is 1.41. The highest BCUT2D eigenvalue weighted by molar-refractivity contribution is 5.78. The predicted octanol–water partition coefficient (Wildman–Crippen LogP) is 1.28. The number of aliphatic hydroxyl groups is 1. The van der Waals surface area contributed by atoms with Gasteiger partial charge in [0.2, 0.25) is 0 Å². The fraction of sp³-hybridized carbons (Fsp3) is 0.364. The molecule has 0 bridgehead atoms. The molecular weight excluding hydrogens is 250 g/mol. The van der Waals surface area contributed by atoms with Crippen molar-refractivity contribution in [2.45, 2.75) is 13.0 Å². The Morgan fingerprint density at radius 1 is 1.44 bits per heavy atom. The molecule has 1 atom stereocenters. The van der Waals surface area contributed by atoms with Crippen LogP contribution in [0.15, 0.2) is 6.07 Å². The number of benzene rings is 1. The largest absolute Gasteiger partial charge is 0.504 e. The van der Waals surface area contributed by atoms with Gasteiger partial charge in [0.25, 0.3) is 0 Å². The van der Waals surface area contributed by atoms with Gasteiger partial charge >= 0.3 is 5.97 Å². The molecule has 100 valence electrons. The first-order valence-corrected chi connectivity index (χ1v) is 5.03. The maximum absolute atomic E-state index is 13.4. The van der Waals surface area contributed by atoms with Crippen LogP contribution in [-0.2, 0) is 9.53 Å². The number of carbonyl (C=O) groups excluding carboxylic acids is 1. The molecule has 0 aliphatic rings.